The third-order valence-corrected chi connectivity index (χ3v) is 0.960. The van der Waals surface area contributed by atoms with Gasteiger partial charge in [0, 0.05) is 6.07 Å². The minimum Gasteiger partial charge on any atom is -0.504 e. The Balaban J connectivity index is 3.01. The molecule has 1 aromatic rings. The van der Waals surface area contributed by atoms with Gasteiger partial charge in [0.25, 0.3) is 0 Å². The maximum absolute atomic E-state index is 8.91. The summed E-state index contributed by atoms with van der Waals surface area (Å²) in [5, 5.41) is 8.91. The van der Waals surface area contributed by atoms with Crippen molar-refractivity contribution in [2.24, 2.45) is 0 Å². The van der Waals surface area contributed by atoms with Gasteiger partial charge in [0.15, 0.2) is 11.5 Å². The van der Waals surface area contributed by atoms with Gasteiger partial charge in [0.1, 0.15) is 0 Å². The Morgan fingerprint density at radius 3 is 2.89 bits per heavy atom. The Morgan fingerprint density at radius 1 is 1.67 bits per heavy atom. The average Bonchev–Trinajstić information content (AvgIpc) is 1.89. The van der Waals surface area contributed by atoms with Gasteiger partial charge < -0.3 is 9.84 Å². The Labute approximate surface area is 53.7 Å². The molecule has 0 aromatic heterocycles. The van der Waals surface area contributed by atoms with E-state index in [-0.39, 0.29) is 5.75 Å². The van der Waals surface area contributed by atoms with Crippen LogP contribution in [0.1, 0.15) is 0 Å². The summed E-state index contributed by atoms with van der Waals surface area (Å²) < 4.78 is 4.73. The number of hydrogen-bond donors (Lipinski definition) is 1. The average molecular weight is 122 g/mol. The molecule has 0 saturated heterocycles. The summed E-state index contributed by atoms with van der Waals surface area (Å²) in [6, 6.07) is 8.28. The first-order chi connectivity index (χ1) is 4.34. The van der Waals surface area contributed by atoms with Crippen molar-refractivity contribution in [3.8, 4) is 11.5 Å². The maximum atomic E-state index is 8.91. The van der Waals surface area contributed by atoms with Crippen molar-refractivity contribution in [3.63, 3.8) is 0 Å². The third kappa shape index (κ3) is 1.13. The Bertz CT molecular complexity index is 196. The van der Waals surface area contributed by atoms with Crippen LogP contribution in [-0.2, 0) is 0 Å². The van der Waals surface area contributed by atoms with Crippen LogP contribution in [0.3, 0.4) is 0 Å². The van der Waals surface area contributed by atoms with E-state index in [1.54, 1.807) is 6.07 Å². The molecular formula is C7H6O2. The van der Waals surface area contributed by atoms with Crippen LogP contribution in [0, 0.1) is 12.1 Å². The van der Waals surface area contributed by atoms with Crippen LogP contribution < -0.4 is 4.74 Å². The van der Waals surface area contributed by atoms with Crippen LogP contribution in [0.2, 0.25) is 0 Å². The molecule has 2 radical (unpaired) electrons. The quantitative estimate of drug-likeness (QED) is 0.602. The number of benzene rings is 1. The van der Waals surface area contributed by atoms with Crippen LogP contribution in [0.15, 0.2) is 12.1 Å². The normalized spacial score (nSPS) is 9.00. The van der Waals surface area contributed by atoms with Gasteiger partial charge in [0.2, 0.25) is 0 Å². The lowest BCUT2D eigenvalue weighted by Crippen LogP contribution is -1.81. The zero-order chi connectivity index (χ0) is 6.69. The molecule has 1 N–H and O–H groups in total. The van der Waals surface area contributed by atoms with Crippen molar-refractivity contribution in [1.82, 2.24) is 0 Å². The summed E-state index contributed by atoms with van der Waals surface area (Å²) in [7, 11) is 1.48. The van der Waals surface area contributed by atoms with Gasteiger partial charge >= 0.3 is 0 Å². The van der Waals surface area contributed by atoms with Crippen LogP contribution in [0.4, 0.5) is 0 Å². The molecule has 9 heavy (non-hydrogen) atoms. The van der Waals surface area contributed by atoms with E-state index in [1.165, 1.54) is 13.2 Å². The summed E-state index contributed by atoms with van der Waals surface area (Å²) >= 11 is 0. The minimum absolute atomic E-state index is 0.0243. The number of ether oxygens (including phenoxy) is 1. The van der Waals surface area contributed by atoms with E-state index >= 15 is 0 Å². The molecule has 0 fully saturated rings. The highest BCUT2D eigenvalue weighted by molar-refractivity contribution is 5.36. The lowest BCUT2D eigenvalue weighted by atomic mass is 10.3. The predicted octanol–water partition coefficient (Wildman–Crippen LogP) is 1.00. The van der Waals surface area contributed by atoms with Crippen molar-refractivity contribution >= 4 is 0 Å². The number of hydrogen-bond acceptors (Lipinski definition) is 2. The molecule has 0 spiro atoms. The molecule has 0 atom stereocenters. The molecule has 1 aromatic carbocycles. The van der Waals surface area contributed by atoms with Crippen LogP contribution in [0.25, 0.3) is 0 Å². The van der Waals surface area contributed by atoms with E-state index < -0.39 is 0 Å². The van der Waals surface area contributed by atoms with Crippen LogP contribution >= 0.6 is 0 Å². The molecule has 2 heteroatoms. The van der Waals surface area contributed by atoms with Gasteiger partial charge in [-0.1, -0.05) is 0 Å². The zero-order valence-electron chi connectivity index (χ0n) is 5.01. The summed E-state index contributed by atoms with van der Waals surface area (Å²) in [5.74, 6) is 0.425. The summed E-state index contributed by atoms with van der Waals surface area (Å²) in [5.41, 5.74) is 0. The lowest BCUT2D eigenvalue weighted by Gasteiger charge is -1.98. The minimum atomic E-state index is 0.0243. The SMILES string of the molecule is COc1c[c]c[c]c1O. The van der Waals surface area contributed by atoms with E-state index in [2.05, 4.69) is 12.1 Å². The van der Waals surface area contributed by atoms with E-state index in [1.807, 2.05) is 0 Å². The standard InChI is InChI=1S/C7H6O2/c1-9-7-5-3-2-4-6(7)8/h2,5,8H,1H3. The molecule has 0 aliphatic heterocycles. The Morgan fingerprint density at radius 2 is 2.44 bits per heavy atom. The smallest absolute Gasteiger partial charge is 0.165 e. The molecule has 0 unspecified atom stereocenters. The molecule has 0 aliphatic rings. The summed E-state index contributed by atoms with van der Waals surface area (Å²) in [4.78, 5) is 0. The topological polar surface area (TPSA) is 29.5 Å². The fourth-order valence-corrected chi connectivity index (χ4v) is 0.522. The van der Waals surface area contributed by atoms with Gasteiger partial charge in [-0.2, -0.15) is 0 Å². The fraction of sp³-hybridized carbons (Fsp3) is 0.143. The second-order valence-corrected chi connectivity index (χ2v) is 1.52. The number of phenolic OH excluding ortho intramolecular Hbond substituents is 1. The monoisotopic (exact) mass is 122 g/mol. The lowest BCUT2D eigenvalue weighted by molar-refractivity contribution is 0.373. The fourth-order valence-electron chi connectivity index (χ4n) is 0.522. The van der Waals surface area contributed by atoms with Crippen LogP contribution in [0.5, 0.6) is 11.5 Å². The first-order valence-corrected chi connectivity index (χ1v) is 2.49. The van der Waals surface area contributed by atoms with E-state index in [0.29, 0.717) is 5.75 Å². The van der Waals surface area contributed by atoms with Crippen molar-refractivity contribution in [3.05, 3.63) is 24.3 Å². The van der Waals surface area contributed by atoms with Crippen molar-refractivity contribution in [2.75, 3.05) is 7.11 Å². The molecule has 1 rings (SSSR count). The first-order valence-electron chi connectivity index (χ1n) is 2.49. The van der Waals surface area contributed by atoms with Gasteiger partial charge in [-0.05, 0) is 18.2 Å². The second kappa shape index (κ2) is 2.40. The maximum Gasteiger partial charge on any atom is 0.165 e. The van der Waals surface area contributed by atoms with E-state index in [9.17, 15) is 0 Å². The highest BCUT2D eigenvalue weighted by Crippen LogP contribution is 2.22. The van der Waals surface area contributed by atoms with Crippen molar-refractivity contribution in [2.45, 2.75) is 0 Å². The molecule has 0 heterocycles. The van der Waals surface area contributed by atoms with Crippen molar-refractivity contribution < 1.29 is 9.84 Å². The first kappa shape index (κ1) is 5.95. The number of methoxy groups -OCH3 is 1. The van der Waals surface area contributed by atoms with Crippen molar-refractivity contribution in [1.29, 1.82) is 0 Å². The largest absolute Gasteiger partial charge is 0.504 e. The van der Waals surface area contributed by atoms with Gasteiger partial charge in [-0.3, -0.25) is 0 Å². The molecule has 0 bridgehead atoms. The third-order valence-electron chi connectivity index (χ3n) is 0.960. The number of phenols is 1. The van der Waals surface area contributed by atoms with Gasteiger partial charge in [0.05, 0.1) is 7.11 Å². The van der Waals surface area contributed by atoms with Crippen LogP contribution in [-0.4, -0.2) is 12.2 Å². The van der Waals surface area contributed by atoms with Gasteiger partial charge in [-0.25, -0.2) is 0 Å². The summed E-state index contributed by atoms with van der Waals surface area (Å²) in [6.07, 6.45) is 0. The Kier molecular flexibility index (Phi) is 1.58. The Hall–Kier alpha value is -1.18. The van der Waals surface area contributed by atoms with E-state index in [4.69, 9.17) is 9.84 Å². The molecule has 2 nitrogen and oxygen atoms in total. The second-order valence-electron chi connectivity index (χ2n) is 1.52. The highest BCUT2D eigenvalue weighted by Gasteiger charge is 1.95. The van der Waals surface area contributed by atoms with E-state index in [0.717, 1.165) is 0 Å². The molecule has 46 valence electrons. The highest BCUT2D eigenvalue weighted by atomic mass is 16.5. The number of rotatable bonds is 1. The van der Waals surface area contributed by atoms with Gasteiger partial charge in [-0.15, -0.1) is 0 Å². The molecule has 0 aliphatic carbocycles. The zero-order valence-corrected chi connectivity index (χ0v) is 5.01. The molecular weight excluding hydrogens is 116 g/mol. The molecule has 0 amide bonds. The molecule has 0 saturated carbocycles. The number of aromatic hydroxyl groups is 1. The predicted molar refractivity (Wildman–Crippen MR) is 32.3 cm³/mol. The summed E-state index contributed by atoms with van der Waals surface area (Å²) in [6.45, 7) is 0.